The van der Waals surface area contributed by atoms with Gasteiger partial charge in [0.2, 0.25) is 11.8 Å². The van der Waals surface area contributed by atoms with Crippen molar-refractivity contribution >= 4 is 11.8 Å². The third-order valence-electron chi connectivity index (χ3n) is 5.34. The lowest BCUT2D eigenvalue weighted by Crippen LogP contribution is -2.43. The first-order valence-corrected chi connectivity index (χ1v) is 9.52. The van der Waals surface area contributed by atoms with E-state index in [0.29, 0.717) is 26.1 Å². The lowest BCUT2D eigenvalue weighted by atomic mass is 10.1. The van der Waals surface area contributed by atoms with E-state index in [4.69, 9.17) is 0 Å². The summed E-state index contributed by atoms with van der Waals surface area (Å²) in [5, 5.41) is 0. The van der Waals surface area contributed by atoms with Gasteiger partial charge in [0.1, 0.15) is 5.82 Å². The van der Waals surface area contributed by atoms with Gasteiger partial charge in [0.05, 0.1) is 12.5 Å². The van der Waals surface area contributed by atoms with Crippen molar-refractivity contribution < 1.29 is 9.59 Å². The summed E-state index contributed by atoms with van der Waals surface area (Å²) in [4.78, 5) is 32.8. The number of carbonyl (C=O) groups excluding carboxylic acids is 2. The summed E-state index contributed by atoms with van der Waals surface area (Å²) >= 11 is 0. The fourth-order valence-electron chi connectivity index (χ4n) is 3.67. The van der Waals surface area contributed by atoms with E-state index < -0.39 is 0 Å². The Bertz CT molecular complexity index is 797. The molecule has 0 N–H and O–H groups in total. The van der Waals surface area contributed by atoms with Crippen LogP contribution < -0.4 is 0 Å². The minimum absolute atomic E-state index is 0.0607. The van der Waals surface area contributed by atoms with Crippen LogP contribution in [-0.2, 0) is 22.6 Å². The highest BCUT2D eigenvalue weighted by Crippen LogP contribution is 2.18. The maximum Gasteiger partial charge on any atom is 0.227 e. The van der Waals surface area contributed by atoms with E-state index in [1.807, 2.05) is 58.7 Å². The van der Waals surface area contributed by atoms with E-state index in [0.717, 1.165) is 24.4 Å². The van der Waals surface area contributed by atoms with Crippen LogP contribution in [-0.4, -0.2) is 56.8 Å². The molecule has 0 aliphatic carbocycles. The van der Waals surface area contributed by atoms with Gasteiger partial charge in [-0.05, 0) is 25.8 Å². The van der Waals surface area contributed by atoms with Gasteiger partial charge in [-0.25, -0.2) is 4.98 Å². The molecule has 1 aromatic carbocycles. The molecule has 0 spiro atoms. The molecule has 1 unspecified atom stereocenters. The van der Waals surface area contributed by atoms with Crippen LogP contribution in [0.5, 0.6) is 0 Å². The molecule has 144 valence electrons. The van der Waals surface area contributed by atoms with Crippen molar-refractivity contribution in [2.75, 3.05) is 19.6 Å². The molecule has 0 saturated carbocycles. The summed E-state index contributed by atoms with van der Waals surface area (Å²) in [5.41, 5.74) is 2.23. The molecule has 2 aromatic rings. The van der Waals surface area contributed by atoms with E-state index in [1.54, 1.807) is 13.1 Å². The molecule has 1 aliphatic rings. The van der Waals surface area contributed by atoms with Crippen LogP contribution in [0, 0.1) is 13.8 Å². The first-order valence-electron chi connectivity index (χ1n) is 9.52. The van der Waals surface area contributed by atoms with Crippen molar-refractivity contribution in [3.8, 4) is 0 Å². The van der Waals surface area contributed by atoms with Crippen molar-refractivity contribution in [3.05, 3.63) is 53.6 Å². The average Bonchev–Trinajstić information content (AvgIpc) is 3.27. The first kappa shape index (κ1) is 19.1. The minimum atomic E-state index is 0.0607. The molecule has 27 heavy (non-hydrogen) atoms. The molecular weight excluding hydrogens is 340 g/mol. The number of rotatable bonds is 6. The zero-order chi connectivity index (χ0) is 19.4. The summed E-state index contributed by atoms with van der Waals surface area (Å²) in [7, 11) is 0. The second-order valence-corrected chi connectivity index (χ2v) is 7.32. The van der Waals surface area contributed by atoms with Gasteiger partial charge in [0.15, 0.2) is 0 Å². The molecule has 1 atom stereocenters. The van der Waals surface area contributed by atoms with Gasteiger partial charge < -0.3 is 14.4 Å². The third kappa shape index (κ3) is 4.76. The van der Waals surface area contributed by atoms with Crippen molar-refractivity contribution in [2.45, 2.75) is 46.2 Å². The Balaban J connectivity index is 1.57. The number of amides is 2. The highest BCUT2D eigenvalue weighted by atomic mass is 16.2. The fraction of sp³-hybridized carbons (Fsp3) is 0.476. The summed E-state index contributed by atoms with van der Waals surface area (Å²) in [5.74, 6) is 1.14. The lowest BCUT2D eigenvalue weighted by Gasteiger charge is -2.28. The quantitative estimate of drug-likeness (QED) is 0.785. The molecule has 0 radical (unpaired) electrons. The van der Waals surface area contributed by atoms with Gasteiger partial charge >= 0.3 is 0 Å². The summed E-state index contributed by atoms with van der Waals surface area (Å²) in [6.07, 6.45) is 4.96. The number of nitrogens with zero attached hydrogens (tertiary/aromatic N) is 4. The lowest BCUT2D eigenvalue weighted by molar-refractivity contribution is -0.133. The number of likely N-dealkylation sites (tertiary alicyclic amines) is 1. The standard InChI is InChI=1S/C21H28N4O2/c1-16-4-6-19(7-5-16)14-21(27)24-10-8-20(15-24)25(18(3)26)13-12-23-11-9-22-17(23)2/h4-7,9,11,20H,8,10,12-15H2,1-3H3. The summed E-state index contributed by atoms with van der Waals surface area (Å²) in [6, 6.07) is 8.18. The van der Waals surface area contributed by atoms with Crippen molar-refractivity contribution in [2.24, 2.45) is 0 Å². The normalized spacial score (nSPS) is 16.6. The molecular formula is C21H28N4O2. The smallest absolute Gasteiger partial charge is 0.227 e. The Hall–Kier alpha value is -2.63. The monoisotopic (exact) mass is 368 g/mol. The van der Waals surface area contributed by atoms with Gasteiger partial charge in [-0.15, -0.1) is 0 Å². The minimum Gasteiger partial charge on any atom is -0.340 e. The van der Waals surface area contributed by atoms with Crippen LogP contribution in [0.25, 0.3) is 0 Å². The Labute approximate surface area is 160 Å². The molecule has 1 fully saturated rings. The van der Waals surface area contributed by atoms with Crippen LogP contribution in [0.3, 0.4) is 0 Å². The predicted octanol–water partition coefficient (Wildman–Crippen LogP) is 2.19. The van der Waals surface area contributed by atoms with E-state index in [9.17, 15) is 9.59 Å². The highest BCUT2D eigenvalue weighted by Gasteiger charge is 2.31. The van der Waals surface area contributed by atoms with Crippen molar-refractivity contribution in [1.82, 2.24) is 19.4 Å². The Kier molecular flexibility index (Phi) is 5.94. The Morgan fingerprint density at radius 2 is 1.96 bits per heavy atom. The van der Waals surface area contributed by atoms with Crippen LogP contribution in [0.4, 0.5) is 0 Å². The van der Waals surface area contributed by atoms with E-state index in [1.165, 1.54) is 5.56 Å². The number of hydrogen-bond acceptors (Lipinski definition) is 3. The molecule has 1 aliphatic heterocycles. The maximum atomic E-state index is 12.6. The molecule has 6 heteroatoms. The number of benzene rings is 1. The van der Waals surface area contributed by atoms with E-state index in [2.05, 4.69) is 4.98 Å². The highest BCUT2D eigenvalue weighted by molar-refractivity contribution is 5.79. The fourth-order valence-corrected chi connectivity index (χ4v) is 3.67. The van der Waals surface area contributed by atoms with Gasteiger partial charge in [-0.3, -0.25) is 9.59 Å². The molecule has 2 amide bonds. The van der Waals surface area contributed by atoms with Gasteiger partial charge in [0.25, 0.3) is 0 Å². The van der Waals surface area contributed by atoms with Gasteiger partial charge in [-0.2, -0.15) is 0 Å². The Morgan fingerprint density at radius 1 is 1.22 bits per heavy atom. The molecule has 1 aromatic heterocycles. The van der Waals surface area contributed by atoms with Crippen molar-refractivity contribution in [1.29, 1.82) is 0 Å². The maximum absolute atomic E-state index is 12.6. The largest absolute Gasteiger partial charge is 0.340 e. The molecule has 1 saturated heterocycles. The number of hydrogen-bond donors (Lipinski definition) is 0. The second-order valence-electron chi connectivity index (χ2n) is 7.32. The Morgan fingerprint density at radius 3 is 2.59 bits per heavy atom. The first-order chi connectivity index (χ1) is 12.9. The topological polar surface area (TPSA) is 58.4 Å². The van der Waals surface area contributed by atoms with Crippen LogP contribution in [0.2, 0.25) is 0 Å². The third-order valence-corrected chi connectivity index (χ3v) is 5.34. The van der Waals surface area contributed by atoms with E-state index in [-0.39, 0.29) is 17.9 Å². The molecule has 6 nitrogen and oxygen atoms in total. The summed E-state index contributed by atoms with van der Waals surface area (Å²) in [6.45, 7) is 8.29. The van der Waals surface area contributed by atoms with Crippen LogP contribution in [0.1, 0.15) is 30.3 Å². The SMILES string of the molecule is CC(=O)N(CCn1ccnc1C)C1CCN(C(=O)Cc2ccc(C)cc2)C1. The molecule has 2 heterocycles. The van der Waals surface area contributed by atoms with E-state index >= 15 is 0 Å². The van der Waals surface area contributed by atoms with Crippen LogP contribution in [0.15, 0.2) is 36.7 Å². The van der Waals surface area contributed by atoms with Crippen LogP contribution >= 0.6 is 0 Å². The number of carbonyl (C=O) groups is 2. The zero-order valence-electron chi connectivity index (χ0n) is 16.4. The van der Waals surface area contributed by atoms with Crippen molar-refractivity contribution in [3.63, 3.8) is 0 Å². The number of imidazole rings is 1. The summed E-state index contributed by atoms with van der Waals surface area (Å²) < 4.78 is 2.05. The average molecular weight is 368 g/mol. The second kappa shape index (κ2) is 8.37. The molecule has 3 rings (SSSR count). The molecule has 0 bridgehead atoms. The van der Waals surface area contributed by atoms with Gasteiger partial charge in [0, 0.05) is 45.5 Å². The zero-order valence-corrected chi connectivity index (χ0v) is 16.4. The predicted molar refractivity (Wildman–Crippen MR) is 104 cm³/mol. The number of aryl methyl sites for hydroxylation is 2. The number of aromatic nitrogens is 2. The van der Waals surface area contributed by atoms with Gasteiger partial charge in [-0.1, -0.05) is 29.8 Å².